The minimum absolute atomic E-state index is 0.440. The summed E-state index contributed by atoms with van der Waals surface area (Å²) in [5.41, 5.74) is 8.45. The Morgan fingerprint density at radius 3 is 2.42 bits per heavy atom. The van der Waals surface area contributed by atoms with Crippen molar-refractivity contribution in [1.29, 1.82) is 0 Å². The van der Waals surface area contributed by atoms with Gasteiger partial charge in [0.2, 0.25) is 0 Å². The van der Waals surface area contributed by atoms with Crippen molar-refractivity contribution in [2.75, 3.05) is 5.73 Å². The quantitative estimate of drug-likeness (QED) is 0.568. The van der Waals surface area contributed by atoms with E-state index >= 15 is 0 Å². The van der Waals surface area contributed by atoms with Gasteiger partial charge in [-0.15, -0.1) is 0 Å². The third-order valence-electron chi connectivity index (χ3n) is 3.95. The van der Waals surface area contributed by atoms with Crippen LogP contribution in [0.2, 0.25) is 0 Å². The first kappa shape index (κ1) is 15.9. The predicted octanol–water partition coefficient (Wildman–Crippen LogP) is 4.70. The summed E-state index contributed by atoms with van der Waals surface area (Å²) in [5, 5.41) is 4.10. The number of hydrogen-bond donors (Lipinski definition) is 1. The lowest BCUT2D eigenvalue weighted by molar-refractivity contribution is 0.391. The molecular formula is C21H17N3O2. The van der Waals surface area contributed by atoms with Crippen molar-refractivity contribution in [2.45, 2.75) is 6.42 Å². The summed E-state index contributed by atoms with van der Waals surface area (Å²) in [6, 6.07) is 23.2. The highest BCUT2D eigenvalue weighted by atomic mass is 16.5. The van der Waals surface area contributed by atoms with E-state index in [-0.39, 0.29) is 0 Å². The van der Waals surface area contributed by atoms with Crippen molar-refractivity contribution in [3.63, 3.8) is 0 Å². The van der Waals surface area contributed by atoms with Crippen LogP contribution in [-0.2, 0) is 6.42 Å². The second-order valence-corrected chi connectivity index (χ2v) is 5.85. The highest BCUT2D eigenvalue weighted by Gasteiger charge is 2.10. The molecule has 0 radical (unpaired) electrons. The fraction of sp³-hybridized carbons (Fsp3) is 0.0476. The smallest absolute Gasteiger partial charge is 0.141 e. The van der Waals surface area contributed by atoms with Crippen LogP contribution in [0.1, 0.15) is 11.3 Å². The van der Waals surface area contributed by atoms with Crippen LogP contribution in [0.5, 0.6) is 11.5 Å². The van der Waals surface area contributed by atoms with Gasteiger partial charge in [-0.05, 0) is 42.0 Å². The average molecular weight is 343 g/mol. The standard InChI is InChI=1S/C21H17N3O2/c22-21-19(7-4-12-23-21)20-14-18(26-24-20)13-15-8-10-17(11-9-15)25-16-5-2-1-3-6-16/h1-12,14H,13H2,(H2,22,23). The Labute approximate surface area is 151 Å². The van der Waals surface area contributed by atoms with Crippen LogP contribution in [0, 0.1) is 0 Å². The summed E-state index contributed by atoms with van der Waals surface area (Å²) in [6.45, 7) is 0. The Balaban J connectivity index is 1.46. The molecule has 5 heteroatoms. The minimum Gasteiger partial charge on any atom is -0.457 e. The fourth-order valence-corrected chi connectivity index (χ4v) is 2.66. The molecule has 128 valence electrons. The molecule has 2 heterocycles. The highest BCUT2D eigenvalue weighted by molar-refractivity contribution is 5.70. The van der Waals surface area contributed by atoms with Crippen molar-refractivity contribution < 1.29 is 9.26 Å². The van der Waals surface area contributed by atoms with Crippen LogP contribution in [0.15, 0.2) is 83.5 Å². The van der Waals surface area contributed by atoms with E-state index in [1.807, 2.05) is 72.8 Å². The van der Waals surface area contributed by atoms with Gasteiger partial charge in [-0.2, -0.15) is 0 Å². The van der Waals surface area contributed by atoms with Gasteiger partial charge >= 0.3 is 0 Å². The monoisotopic (exact) mass is 343 g/mol. The Hall–Kier alpha value is -3.60. The number of aromatic nitrogens is 2. The van der Waals surface area contributed by atoms with E-state index in [1.54, 1.807) is 6.20 Å². The van der Waals surface area contributed by atoms with Crippen molar-refractivity contribution in [1.82, 2.24) is 10.1 Å². The maximum absolute atomic E-state index is 5.89. The average Bonchev–Trinajstić information content (AvgIpc) is 3.13. The molecule has 0 saturated carbocycles. The first-order valence-corrected chi connectivity index (χ1v) is 8.26. The SMILES string of the molecule is Nc1ncccc1-c1cc(Cc2ccc(Oc3ccccc3)cc2)on1. The first-order valence-electron chi connectivity index (χ1n) is 8.26. The van der Waals surface area contributed by atoms with Gasteiger partial charge < -0.3 is 15.0 Å². The molecule has 0 atom stereocenters. The molecule has 0 bridgehead atoms. The van der Waals surface area contributed by atoms with Crippen LogP contribution in [-0.4, -0.2) is 10.1 Å². The van der Waals surface area contributed by atoms with Crippen LogP contribution >= 0.6 is 0 Å². The van der Waals surface area contributed by atoms with Crippen LogP contribution in [0.25, 0.3) is 11.3 Å². The van der Waals surface area contributed by atoms with Crippen molar-refractivity contribution in [2.24, 2.45) is 0 Å². The van der Waals surface area contributed by atoms with Gasteiger partial charge in [0.05, 0.1) is 0 Å². The van der Waals surface area contributed by atoms with E-state index in [2.05, 4.69) is 10.1 Å². The number of rotatable bonds is 5. The Bertz CT molecular complexity index is 995. The topological polar surface area (TPSA) is 74.2 Å². The van der Waals surface area contributed by atoms with Crippen LogP contribution in [0.4, 0.5) is 5.82 Å². The molecule has 0 aliphatic heterocycles. The molecule has 0 unspecified atom stereocenters. The lowest BCUT2D eigenvalue weighted by atomic mass is 10.1. The molecule has 2 N–H and O–H groups in total. The van der Waals surface area contributed by atoms with E-state index in [9.17, 15) is 0 Å². The Morgan fingerprint density at radius 1 is 0.885 bits per heavy atom. The fourth-order valence-electron chi connectivity index (χ4n) is 2.66. The third-order valence-corrected chi connectivity index (χ3v) is 3.95. The van der Waals surface area contributed by atoms with Gasteiger partial charge in [-0.3, -0.25) is 0 Å². The van der Waals surface area contributed by atoms with Gasteiger partial charge in [0.25, 0.3) is 0 Å². The molecular weight excluding hydrogens is 326 g/mol. The third kappa shape index (κ3) is 3.57. The van der Waals surface area contributed by atoms with E-state index < -0.39 is 0 Å². The number of ether oxygens (including phenoxy) is 1. The van der Waals surface area contributed by atoms with E-state index in [0.29, 0.717) is 17.9 Å². The summed E-state index contributed by atoms with van der Waals surface area (Å²) in [5.74, 6) is 2.81. The maximum atomic E-state index is 5.89. The molecule has 0 spiro atoms. The Kier molecular flexibility index (Phi) is 4.35. The van der Waals surface area contributed by atoms with Crippen molar-refractivity contribution in [3.05, 3.63) is 90.3 Å². The molecule has 2 aromatic heterocycles. The number of nitrogens with two attached hydrogens (primary N) is 1. The van der Waals surface area contributed by atoms with Crippen LogP contribution < -0.4 is 10.5 Å². The van der Waals surface area contributed by atoms with Gasteiger partial charge in [-0.25, -0.2) is 4.98 Å². The summed E-state index contributed by atoms with van der Waals surface area (Å²) in [7, 11) is 0. The molecule has 4 aromatic rings. The molecule has 2 aromatic carbocycles. The van der Waals surface area contributed by atoms with E-state index in [0.717, 1.165) is 28.4 Å². The second kappa shape index (κ2) is 7.11. The normalized spacial score (nSPS) is 10.6. The zero-order valence-corrected chi connectivity index (χ0v) is 14.0. The molecule has 0 saturated heterocycles. The largest absolute Gasteiger partial charge is 0.457 e. The zero-order valence-electron chi connectivity index (χ0n) is 14.0. The molecule has 0 fully saturated rings. The van der Waals surface area contributed by atoms with Crippen molar-refractivity contribution in [3.8, 4) is 22.8 Å². The molecule has 0 aliphatic rings. The van der Waals surface area contributed by atoms with Gasteiger partial charge in [0.1, 0.15) is 28.8 Å². The van der Waals surface area contributed by atoms with E-state index in [1.165, 1.54) is 0 Å². The molecule has 4 rings (SSSR count). The maximum Gasteiger partial charge on any atom is 0.141 e. The summed E-state index contributed by atoms with van der Waals surface area (Å²) in [6.07, 6.45) is 2.29. The van der Waals surface area contributed by atoms with E-state index in [4.69, 9.17) is 15.0 Å². The number of nitrogen functional groups attached to an aromatic ring is 1. The number of anilines is 1. The Morgan fingerprint density at radius 2 is 1.65 bits per heavy atom. The van der Waals surface area contributed by atoms with Gasteiger partial charge in [0, 0.05) is 24.2 Å². The van der Waals surface area contributed by atoms with Gasteiger partial charge in [-0.1, -0.05) is 35.5 Å². The van der Waals surface area contributed by atoms with Crippen LogP contribution in [0.3, 0.4) is 0 Å². The zero-order chi connectivity index (χ0) is 17.8. The van der Waals surface area contributed by atoms with Gasteiger partial charge in [0.15, 0.2) is 0 Å². The van der Waals surface area contributed by atoms with Crippen molar-refractivity contribution >= 4 is 5.82 Å². The molecule has 26 heavy (non-hydrogen) atoms. The number of benzene rings is 2. The molecule has 5 nitrogen and oxygen atoms in total. The summed E-state index contributed by atoms with van der Waals surface area (Å²) in [4.78, 5) is 4.08. The minimum atomic E-state index is 0.440. The number of nitrogens with zero attached hydrogens (tertiary/aromatic N) is 2. The summed E-state index contributed by atoms with van der Waals surface area (Å²) >= 11 is 0. The number of pyridine rings is 1. The number of para-hydroxylation sites is 1. The lowest BCUT2D eigenvalue weighted by Gasteiger charge is -2.06. The lowest BCUT2D eigenvalue weighted by Crippen LogP contribution is -1.92. The number of hydrogen-bond acceptors (Lipinski definition) is 5. The molecule has 0 aliphatic carbocycles. The molecule has 0 amide bonds. The predicted molar refractivity (Wildman–Crippen MR) is 99.9 cm³/mol. The first-order chi connectivity index (χ1) is 12.8. The highest BCUT2D eigenvalue weighted by Crippen LogP contribution is 2.25. The second-order valence-electron chi connectivity index (χ2n) is 5.85. The summed E-state index contributed by atoms with van der Waals surface area (Å²) < 4.78 is 11.2.